The number of Topliss-reactive ketones (excluding diaryl/α,β-unsaturated/α-hetero) is 1. The maximum atomic E-state index is 13.0. The SMILES string of the molecule is CCc1cc(C)cc(CC)c1C1=C(OC(=O)C(C)(C)C)CC(C)CC1=O. The number of allylic oxidation sites excluding steroid dienone is 2. The van der Waals surface area contributed by atoms with Gasteiger partial charge in [0, 0.05) is 12.8 Å². The number of carbonyl (C=O) groups excluding carboxylic acids is 2. The highest BCUT2D eigenvalue weighted by Gasteiger charge is 2.33. The van der Waals surface area contributed by atoms with Gasteiger partial charge in [-0.25, -0.2) is 0 Å². The van der Waals surface area contributed by atoms with Crippen LogP contribution in [0.15, 0.2) is 17.9 Å². The third-order valence-corrected chi connectivity index (χ3v) is 4.91. The van der Waals surface area contributed by atoms with E-state index in [-0.39, 0.29) is 17.7 Å². The summed E-state index contributed by atoms with van der Waals surface area (Å²) in [6.45, 7) is 13.8. The molecule has 0 bridgehead atoms. The van der Waals surface area contributed by atoms with Gasteiger partial charge in [-0.1, -0.05) is 38.5 Å². The molecule has 0 N–H and O–H groups in total. The number of esters is 1. The Morgan fingerprint density at radius 3 is 2.12 bits per heavy atom. The van der Waals surface area contributed by atoms with Crippen molar-refractivity contribution in [2.45, 2.75) is 74.1 Å². The highest BCUT2D eigenvalue weighted by atomic mass is 16.5. The molecule has 0 saturated carbocycles. The van der Waals surface area contributed by atoms with Gasteiger partial charge in [-0.3, -0.25) is 9.59 Å². The minimum absolute atomic E-state index is 0.0914. The maximum Gasteiger partial charge on any atom is 0.316 e. The van der Waals surface area contributed by atoms with E-state index in [1.54, 1.807) is 0 Å². The van der Waals surface area contributed by atoms with Gasteiger partial charge in [0.15, 0.2) is 5.78 Å². The lowest BCUT2D eigenvalue weighted by molar-refractivity contribution is -0.148. The Morgan fingerprint density at radius 2 is 1.65 bits per heavy atom. The first-order chi connectivity index (χ1) is 12.1. The van der Waals surface area contributed by atoms with Crippen LogP contribution in [0.4, 0.5) is 0 Å². The summed E-state index contributed by atoms with van der Waals surface area (Å²) < 4.78 is 5.81. The minimum Gasteiger partial charge on any atom is -0.430 e. The first-order valence-electron chi connectivity index (χ1n) is 9.69. The van der Waals surface area contributed by atoms with E-state index >= 15 is 0 Å². The Morgan fingerprint density at radius 1 is 1.12 bits per heavy atom. The second-order valence-corrected chi connectivity index (χ2v) is 8.54. The van der Waals surface area contributed by atoms with Crippen LogP contribution in [0.1, 0.15) is 76.6 Å². The molecule has 0 aliphatic heterocycles. The second kappa shape index (κ2) is 7.77. The monoisotopic (exact) mass is 356 g/mol. The molecule has 0 heterocycles. The summed E-state index contributed by atoms with van der Waals surface area (Å²) in [5.74, 6) is 0.556. The summed E-state index contributed by atoms with van der Waals surface area (Å²) >= 11 is 0. The number of ether oxygens (including phenoxy) is 1. The van der Waals surface area contributed by atoms with Crippen molar-refractivity contribution in [1.82, 2.24) is 0 Å². The van der Waals surface area contributed by atoms with Crippen LogP contribution < -0.4 is 0 Å². The van der Waals surface area contributed by atoms with Crippen molar-refractivity contribution in [2.24, 2.45) is 11.3 Å². The van der Waals surface area contributed by atoms with Gasteiger partial charge >= 0.3 is 5.97 Å². The molecule has 0 saturated heterocycles. The van der Waals surface area contributed by atoms with Gasteiger partial charge < -0.3 is 4.74 Å². The van der Waals surface area contributed by atoms with Gasteiger partial charge in [0.05, 0.1) is 11.0 Å². The van der Waals surface area contributed by atoms with E-state index in [1.807, 2.05) is 27.7 Å². The summed E-state index contributed by atoms with van der Waals surface area (Å²) in [5, 5.41) is 0. The number of rotatable bonds is 4. The Hall–Kier alpha value is -1.90. The van der Waals surface area contributed by atoms with Crippen molar-refractivity contribution in [3.8, 4) is 0 Å². The standard InChI is InChI=1S/C23H32O3/c1-8-16-10-14(3)11-17(9-2)20(16)21-18(24)12-15(4)13-19(21)26-22(25)23(5,6)7/h10-11,15H,8-9,12-13H2,1-7H3. The first-order valence-corrected chi connectivity index (χ1v) is 9.69. The molecule has 0 aromatic heterocycles. The van der Waals surface area contributed by atoms with Crippen molar-refractivity contribution in [2.75, 3.05) is 0 Å². The average molecular weight is 357 g/mol. The predicted molar refractivity (Wildman–Crippen MR) is 106 cm³/mol. The Kier molecular flexibility index (Phi) is 6.10. The number of carbonyl (C=O) groups is 2. The quantitative estimate of drug-likeness (QED) is 0.677. The lowest BCUT2D eigenvalue weighted by Crippen LogP contribution is -2.27. The highest BCUT2D eigenvalue weighted by molar-refractivity contribution is 6.23. The maximum absolute atomic E-state index is 13.0. The Labute approximate surface area is 157 Å². The van der Waals surface area contributed by atoms with Gasteiger partial charge in [-0.2, -0.15) is 0 Å². The van der Waals surface area contributed by atoms with E-state index in [0.717, 1.165) is 29.5 Å². The molecule has 3 heteroatoms. The van der Waals surface area contributed by atoms with Crippen molar-refractivity contribution in [3.05, 3.63) is 40.1 Å². The average Bonchev–Trinajstić information content (AvgIpc) is 2.53. The van der Waals surface area contributed by atoms with Gasteiger partial charge in [-0.05, 0) is 63.1 Å². The summed E-state index contributed by atoms with van der Waals surface area (Å²) in [7, 11) is 0. The van der Waals surface area contributed by atoms with Crippen LogP contribution in [-0.4, -0.2) is 11.8 Å². The van der Waals surface area contributed by atoms with Crippen LogP contribution >= 0.6 is 0 Å². The van der Waals surface area contributed by atoms with Gasteiger partial charge in [0.25, 0.3) is 0 Å². The smallest absolute Gasteiger partial charge is 0.316 e. The lowest BCUT2D eigenvalue weighted by Gasteiger charge is -2.28. The second-order valence-electron chi connectivity index (χ2n) is 8.54. The fourth-order valence-corrected chi connectivity index (χ4v) is 3.52. The van der Waals surface area contributed by atoms with Crippen LogP contribution in [0, 0.1) is 18.3 Å². The predicted octanol–water partition coefficient (Wildman–Crippen LogP) is 5.42. The lowest BCUT2D eigenvalue weighted by atomic mass is 9.80. The van der Waals surface area contributed by atoms with Gasteiger partial charge in [0.2, 0.25) is 0 Å². The summed E-state index contributed by atoms with van der Waals surface area (Å²) in [6.07, 6.45) is 2.82. The molecule has 1 atom stereocenters. The molecular weight excluding hydrogens is 324 g/mol. The van der Waals surface area contributed by atoms with Crippen molar-refractivity contribution in [1.29, 1.82) is 0 Å². The molecule has 1 unspecified atom stereocenters. The molecular formula is C23H32O3. The Balaban J connectivity index is 2.70. The van der Waals surface area contributed by atoms with Crippen LogP contribution in [-0.2, 0) is 27.2 Å². The fourth-order valence-electron chi connectivity index (χ4n) is 3.52. The summed E-state index contributed by atoms with van der Waals surface area (Å²) in [6, 6.07) is 4.30. The van der Waals surface area contributed by atoms with Crippen LogP contribution in [0.5, 0.6) is 0 Å². The fraction of sp³-hybridized carbons (Fsp3) is 0.565. The first kappa shape index (κ1) is 20.4. The number of ketones is 1. The number of benzene rings is 1. The molecule has 1 aliphatic carbocycles. The van der Waals surface area contributed by atoms with Crippen LogP contribution in [0.3, 0.4) is 0 Å². The zero-order valence-corrected chi connectivity index (χ0v) is 17.3. The van der Waals surface area contributed by atoms with Crippen molar-refractivity contribution in [3.63, 3.8) is 0 Å². The van der Waals surface area contributed by atoms with E-state index in [9.17, 15) is 9.59 Å². The molecule has 1 aliphatic rings. The molecule has 0 fully saturated rings. The highest BCUT2D eigenvalue weighted by Crippen LogP contribution is 2.38. The normalized spacial score (nSPS) is 18.3. The largest absolute Gasteiger partial charge is 0.430 e. The summed E-state index contributed by atoms with van der Waals surface area (Å²) in [5.41, 5.74) is 4.54. The number of aryl methyl sites for hydroxylation is 3. The number of hydrogen-bond donors (Lipinski definition) is 0. The van der Waals surface area contributed by atoms with Crippen LogP contribution in [0.2, 0.25) is 0 Å². The zero-order chi connectivity index (χ0) is 19.6. The molecule has 3 nitrogen and oxygen atoms in total. The van der Waals surface area contributed by atoms with E-state index in [4.69, 9.17) is 4.74 Å². The van der Waals surface area contributed by atoms with Gasteiger partial charge in [-0.15, -0.1) is 0 Å². The van der Waals surface area contributed by atoms with E-state index in [1.165, 1.54) is 5.56 Å². The molecule has 1 aromatic rings. The van der Waals surface area contributed by atoms with E-state index in [2.05, 4.69) is 32.9 Å². The van der Waals surface area contributed by atoms with Gasteiger partial charge in [0.1, 0.15) is 5.76 Å². The molecule has 142 valence electrons. The van der Waals surface area contributed by atoms with E-state index in [0.29, 0.717) is 24.2 Å². The summed E-state index contributed by atoms with van der Waals surface area (Å²) in [4.78, 5) is 25.5. The molecule has 2 rings (SSSR count). The minimum atomic E-state index is -0.601. The molecule has 1 aromatic carbocycles. The molecule has 0 spiro atoms. The number of hydrogen-bond acceptors (Lipinski definition) is 3. The van der Waals surface area contributed by atoms with E-state index < -0.39 is 5.41 Å². The molecule has 0 amide bonds. The van der Waals surface area contributed by atoms with Crippen molar-refractivity contribution < 1.29 is 14.3 Å². The van der Waals surface area contributed by atoms with Crippen LogP contribution in [0.25, 0.3) is 5.57 Å². The topological polar surface area (TPSA) is 43.4 Å². The third kappa shape index (κ3) is 4.25. The van der Waals surface area contributed by atoms with Crippen molar-refractivity contribution >= 4 is 17.3 Å². The zero-order valence-electron chi connectivity index (χ0n) is 17.3. The molecule has 0 radical (unpaired) electrons. The molecule has 26 heavy (non-hydrogen) atoms. The third-order valence-electron chi connectivity index (χ3n) is 4.91. The Bertz CT molecular complexity index is 722.